The van der Waals surface area contributed by atoms with Crippen molar-refractivity contribution in [2.75, 3.05) is 5.75 Å². The van der Waals surface area contributed by atoms with E-state index in [4.69, 9.17) is 4.42 Å². The standard InChI is InChI=1S/C15H17NO3S/c1-11(13-6-4-3-5-7-13)16-15(17)10-20(18)14-8-9-19-12(14)2/h3-9,11H,10H2,1-2H3,(H,16,17). The minimum Gasteiger partial charge on any atom is -0.468 e. The topological polar surface area (TPSA) is 59.3 Å². The van der Waals surface area contributed by atoms with E-state index in [2.05, 4.69) is 5.32 Å². The second-order valence-corrected chi connectivity index (χ2v) is 5.95. The first-order valence-electron chi connectivity index (χ1n) is 6.34. The van der Waals surface area contributed by atoms with Gasteiger partial charge in [0.2, 0.25) is 5.91 Å². The molecule has 0 saturated heterocycles. The highest BCUT2D eigenvalue weighted by Gasteiger charge is 2.16. The molecule has 2 rings (SSSR count). The fraction of sp³-hybridized carbons (Fsp3) is 0.267. The molecule has 5 heteroatoms. The van der Waals surface area contributed by atoms with Gasteiger partial charge >= 0.3 is 0 Å². The zero-order chi connectivity index (χ0) is 14.5. The first-order chi connectivity index (χ1) is 9.58. The Balaban J connectivity index is 1.93. The number of benzene rings is 1. The van der Waals surface area contributed by atoms with Crippen molar-refractivity contribution in [1.82, 2.24) is 5.32 Å². The molecule has 1 aromatic heterocycles. The van der Waals surface area contributed by atoms with E-state index in [1.807, 2.05) is 37.3 Å². The van der Waals surface area contributed by atoms with E-state index in [0.717, 1.165) is 5.56 Å². The van der Waals surface area contributed by atoms with Crippen molar-refractivity contribution in [2.45, 2.75) is 24.8 Å². The summed E-state index contributed by atoms with van der Waals surface area (Å²) in [6.07, 6.45) is 1.48. The molecule has 2 aromatic rings. The lowest BCUT2D eigenvalue weighted by atomic mass is 10.1. The highest BCUT2D eigenvalue weighted by atomic mass is 32.2. The number of carbonyl (C=O) groups is 1. The molecule has 0 aliphatic rings. The molecule has 0 aliphatic heterocycles. The van der Waals surface area contributed by atoms with Gasteiger partial charge in [0, 0.05) is 0 Å². The lowest BCUT2D eigenvalue weighted by molar-refractivity contribution is -0.119. The van der Waals surface area contributed by atoms with Crippen LogP contribution >= 0.6 is 0 Å². The zero-order valence-electron chi connectivity index (χ0n) is 11.5. The number of hydrogen-bond acceptors (Lipinski definition) is 3. The molecule has 0 fully saturated rings. The van der Waals surface area contributed by atoms with E-state index in [9.17, 15) is 9.00 Å². The lowest BCUT2D eigenvalue weighted by Gasteiger charge is -2.13. The molecule has 1 amide bonds. The van der Waals surface area contributed by atoms with Gasteiger partial charge in [-0.1, -0.05) is 30.3 Å². The summed E-state index contributed by atoms with van der Waals surface area (Å²) in [5, 5.41) is 2.85. The Bertz CT molecular complexity index is 607. The van der Waals surface area contributed by atoms with E-state index in [1.165, 1.54) is 6.26 Å². The highest BCUT2D eigenvalue weighted by Crippen LogP contribution is 2.15. The molecule has 1 heterocycles. The fourth-order valence-corrected chi connectivity index (χ4v) is 2.97. The van der Waals surface area contributed by atoms with Crippen LogP contribution in [0.5, 0.6) is 0 Å². The maximum Gasteiger partial charge on any atom is 0.233 e. The van der Waals surface area contributed by atoms with Gasteiger partial charge < -0.3 is 9.73 Å². The molecule has 0 aliphatic carbocycles. The molecule has 106 valence electrons. The molecule has 1 N–H and O–H groups in total. The van der Waals surface area contributed by atoms with Gasteiger partial charge in [0.05, 0.1) is 28.0 Å². The van der Waals surface area contributed by atoms with E-state index < -0.39 is 10.8 Å². The van der Waals surface area contributed by atoms with Gasteiger partial charge in [-0.05, 0) is 25.5 Å². The van der Waals surface area contributed by atoms with Crippen LogP contribution < -0.4 is 5.32 Å². The molecular weight excluding hydrogens is 274 g/mol. The predicted molar refractivity (Wildman–Crippen MR) is 77.7 cm³/mol. The first kappa shape index (κ1) is 14.5. The second-order valence-electron chi connectivity index (χ2n) is 4.53. The quantitative estimate of drug-likeness (QED) is 0.921. The third kappa shape index (κ3) is 3.57. The van der Waals surface area contributed by atoms with E-state index >= 15 is 0 Å². The summed E-state index contributed by atoms with van der Waals surface area (Å²) < 4.78 is 17.1. The van der Waals surface area contributed by atoms with Gasteiger partial charge in [-0.15, -0.1) is 0 Å². The predicted octanol–water partition coefficient (Wildman–Crippen LogP) is 2.57. The normalized spacial score (nSPS) is 13.7. The molecule has 0 radical (unpaired) electrons. The van der Waals surface area contributed by atoms with Crippen LogP contribution in [-0.4, -0.2) is 15.9 Å². The fourth-order valence-electron chi connectivity index (χ4n) is 1.91. The van der Waals surface area contributed by atoms with Gasteiger partial charge in [0.1, 0.15) is 11.5 Å². The number of nitrogens with one attached hydrogen (secondary N) is 1. The molecular formula is C15H17NO3S. The summed E-state index contributed by atoms with van der Waals surface area (Å²) in [5.74, 6) is 0.296. The van der Waals surface area contributed by atoms with Crippen molar-refractivity contribution in [3.8, 4) is 0 Å². The van der Waals surface area contributed by atoms with E-state index in [-0.39, 0.29) is 17.7 Å². The molecule has 2 unspecified atom stereocenters. The lowest BCUT2D eigenvalue weighted by Crippen LogP contribution is -2.30. The molecule has 0 saturated carbocycles. The molecule has 20 heavy (non-hydrogen) atoms. The smallest absolute Gasteiger partial charge is 0.233 e. The van der Waals surface area contributed by atoms with Crippen molar-refractivity contribution in [2.24, 2.45) is 0 Å². The largest absolute Gasteiger partial charge is 0.468 e. The van der Waals surface area contributed by atoms with Crippen LogP contribution in [0.1, 0.15) is 24.3 Å². The first-order valence-corrected chi connectivity index (χ1v) is 7.66. The number of furan rings is 1. The number of aryl methyl sites for hydroxylation is 1. The SMILES string of the molecule is Cc1occc1S(=O)CC(=O)NC(C)c1ccccc1. The second kappa shape index (κ2) is 6.52. The van der Waals surface area contributed by atoms with Gasteiger partial charge in [-0.25, -0.2) is 0 Å². The van der Waals surface area contributed by atoms with Gasteiger partial charge in [0.15, 0.2) is 0 Å². The van der Waals surface area contributed by atoms with Crippen molar-refractivity contribution in [3.63, 3.8) is 0 Å². The number of carbonyl (C=O) groups excluding carboxylic acids is 1. The summed E-state index contributed by atoms with van der Waals surface area (Å²) in [6, 6.07) is 11.2. The monoisotopic (exact) mass is 291 g/mol. The van der Waals surface area contributed by atoms with Crippen LogP contribution in [0, 0.1) is 6.92 Å². The van der Waals surface area contributed by atoms with Gasteiger partial charge in [-0.2, -0.15) is 0 Å². The summed E-state index contributed by atoms with van der Waals surface area (Å²) in [7, 11) is -1.37. The summed E-state index contributed by atoms with van der Waals surface area (Å²) in [4.78, 5) is 12.5. The van der Waals surface area contributed by atoms with Crippen molar-refractivity contribution < 1.29 is 13.4 Å². The molecule has 1 aromatic carbocycles. The Morgan fingerprint density at radius 2 is 2.00 bits per heavy atom. The Labute approximate surface area is 120 Å². The average Bonchev–Trinajstić information content (AvgIpc) is 2.86. The van der Waals surface area contributed by atoms with Crippen molar-refractivity contribution in [1.29, 1.82) is 0 Å². The maximum atomic E-state index is 12.0. The Morgan fingerprint density at radius 3 is 2.60 bits per heavy atom. The van der Waals surface area contributed by atoms with Crippen molar-refractivity contribution in [3.05, 3.63) is 54.0 Å². The average molecular weight is 291 g/mol. The minimum absolute atomic E-state index is 0.0580. The van der Waals surface area contributed by atoms with Crippen LogP contribution in [0.25, 0.3) is 0 Å². The third-order valence-corrected chi connectivity index (χ3v) is 4.43. The van der Waals surface area contributed by atoms with Crippen LogP contribution in [0.2, 0.25) is 0 Å². The zero-order valence-corrected chi connectivity index (χ0v) is 12.3. The van der Waals surface area contributed by atoms with Crippen LogP contribution in [-0.2, 0) is 15.6 Å². The van der Waals surface area contributed by atoms with Gasteiger partial charge in [-0.3, -0.25) is 9.00 Å². The third-order valence-electron chi connectivity index (χ3n) is 3.00. The van der Waals surface area contributed by atoms with E-state index in [1.54, 1.807) is 13.0 Å². The molecule has 0 bridgehead atoms. The number of amides is 1. The molecule has 4 nitrogen and oxygen atoms in total. The van der Waals surface area contributed by atoms with Crippen LogP contribution in [0.15, 0.2) is 52.0 Å². The Kier molecular flexibility index (Phi) is 4.74. The van der Waals surface area contributed by atoms with Gasteiger partial charge in [0.25, 0.3) is 0 Å². The van der Waals surface area contributed by atoms with Crippen LogP contribution in [0.3, 0.4) is 0 Å². The molecule has 0 spiro atoms. The maximum absolute atomic E-state index is 12.0. The summed E-state index contributed by atoms with van der Waals surface area (Å²) >= 11 is 0. The Hall–Kier alpha value is -1.88. The minimum atomic E-state index is -1.37. The summed E-state index contributed by atoms with van der Waals surface area (Å²) in [5.41, 5.74) is 1.02. The highest BCUT2D eigenvalue weighted by molar-refractivity contribution is 7.85. The summed E-state index contributed by atoms with van der Waals surface area (Å²) in [6.45, 7) is 3.64. The van der Waals surface area contributed by atoms with Crippen molar-refractivity contribution >= 4 is 16.7 Å². The number of hydrogen-bond donors (Lipinski definition) is 1. The Morgan fingerprint density at radius 1 is 1.30 bits per heavy atom. The molecule has 2 atom stereocenters. The van der Waals surface area contributed by atoms with E-state index in [0.29, 0.717) is 10.7 Å². The van der Waals surface area contributed by atoms with Crippen LogP contribution in [0.4, 0.5) is 0 Å². The number of rotatable bonds is 5.